The van der Waals surface area contributed by atoms with Gasteiger partial charge in [-0.15, -0.1) is 0 Å². The lowest BCUT2D eigenvalue weighted by atomic mass is 10.1. The topological polar surface area (TPSA) is 90.0 Å². The maximum Gasteiger partial charge on any atom is 0.338 e. The molecule has 0 atom stereocenters. The predicted molar refractivity (Wildman–Crippen MR) is 141 cm³/mol. The molecule has 0 N–H and O–H groups in total. The normalized spacial score (nSPS) is 12.3. The number of fused-ring (bicyclic) bond motifs is 1. The molecule has 4 aromatic rings. The number of Topliss-reactive ketones (excluding diaryl/α,β-unsaturated/α-hetero) is 1. The summed E-state index contributed by atoms with van der Waals surface area (Å²) in [5.74, 6) is -1.65. The van der Waals surface area contributed by atoms with E-state index in [-0.39, 0.29) is 22.3 Å². The van der Waals surface area contributed by atoms with Crippen molar-refractivity contribution in [1.82, 2.24) is 0 Å². The van der Waals surface area contributed by atoms with Crippen LogP contribution in [0.1, 0.15) is 52.6 Å². The number of imide groups is 1. The summed E-state index contributed by atoms with van der Waals surface area (Å²) in [6.07, 6.45) is 0. The molecule has 0 aliphatic carbocycles. The van der Waals surface area contributed by atoms with Crippen LogP contribution >= 0.6 is 0 Å². The highest BCUT2D eigenvalue weighted by atomic mass is 19.1. The zero-order chi connectivity index (χ0) is 27.7. The number of amides is 2. The first kappa shape index (κ1) is 25.5. The summed E-state index contributed by atoms with van der Waals surface area (Å²) in [5, 5.41) is 0. The number of nitrogens with zero attached hydrogens (tertiary/aromatic N) is 1. The largest absolute Gasteiger partial charge is 0.457 e. The molecule has 1 aliphatic heterocycles. The van der Waals surface area contributed by atoms with Gasteiger partial charge in [0.15, 0.2) is 12.4 Å². The Bertz CT molecular complexity index is 1610. The first-order valence-electron chi connectivity index (χ1n) is 12.1. The number of ether oxygens (including phenoxy) is 2. The fourth-order valence-electron chi connectivity index (χ4n) is 4.28. The number of esters is 1. The lowest BCUT2D eigenvalue weighted by molar-refractivity contribution is 0.0474. The second kappa shape index (κ2) is 10.3. The van der Waals surface area contributed by atoms with Crippen LogP contribution in [0.5, 0.6) is 11.5 Å². The molecule has 0 fully saturated rings. The second-order valence-electron chi connectivity index (χ2n) is 9.03. The molecule has 5 rings (SSSR count). The summed E-state index contributed by atoms with van der Waals surface area (Å²) in [4.78, 5) is 52.0. The van der Waals surface area contributed by atoms with Crippen LogP contribution in [0, 0.1) is 19.7 Å². The van der Waals surface area contributed by atoms with E-state index < -0.39 is 36.0 Å². The van der Waals surface area contributed by atoms with Gasteiger partial charge in [0.2, 0.25) is 0 Å². The number of ketones is 1. The van der Waals surface area contributed by atoms with Crippen molar-refractivity contribution < 1.29 is 33.0 Å². The average Bonchev–Trinajstić information content (AvgIpc) is 3.19. The number of para-hydroxylation sites is 1. The van der Waals surface area contributed by atoms with E-state index in [2.05, 4.69) is 0 Å². The van der Waals surface area contributed by atoms with Crippen molar-refractivity contribution in [3.8, 4) is 11.5 Å². The van der Waals surface area contributed by atoms with E-state index in [0.29, 0.717) is 11.4 Å². The van der Waals surface area contributed by atoms with Gasteiger partial charge in [-0.1, -0.05) is 18.2 Å². The maximum atomic E-state index is 13.2. The van der Waals surface area contributed by atoms with Gasteiger partial charge in [-0.25, -0.2) is 14.1 Å². The first-order chi connectivity index (χ1) is 18.7. The van der Waals surface area contributed by atoms with Gasteiger partial charge in [-0.2, -0.15) is 0 Å². The van der Waals surface area contributed by atoms with Crippen LogP contribution in [0.2, 0.25) is 0 Å². The molecule has 1 aliphatic rings. The molecule has 194 valence electrons. The van der Waals surface area contributed by atoms with Crippen molar-refractivity contribution in [3.63, 3.8) is 0 Å². The third-order valence-electron chi connectivity index (χ3n) is 6.35. The Morgan fingerprint density at radius 1 is 0.769 bits per heavy atom. The van der Waals surface area contributed by atoms with E-state index in [4.69, 9.17) is 9.47 Å². The molecule has 0 unspecified atom stereocenters. The Hall–Kier alpha value is -5.11. The molecule has 8 heteroatoms. The average molecular weight is 524 g/mol. The monoisotopic (exact) mass is 523 g/mol. The first-order valence-corrected chi connectivity index (χ1v) is 12.1. The Balaban J connectivity index is 1.29. The fourth-order valence-corrected chi connectivity index (χ4v) is 4.28. The SMILES string of the molecule is Cc1cccc(C)c1Oc1ccc(N2C(=O)c3ccc(C(=O)OCC(=O)c4ccc(F)cc4)cc3C2=O)cc1. The van der Waals surface area contributed by atoms with Crippen molar-refractivity contribution in [2.45, 2.75) is 13.8 Å². The number of benzene rings is 4. The summed E-state index contributed by atoms with van der Waals surface area (Å²) in [6.45, 7) is 3.34. The molecular weight excluding hydrogens is 501 g/mol. The van der Waals surface area contributed by atoms with Gasteiger partial charge in [-0.05, 0) is 91.7 Å². The van der Waals surface area contributed by atoms with Gasteiger partial charge in [0.25, 0.3) is 11.8 Å². The summed E-state index contributed by atoms with van der Waals surface area (Å²) in [6, 6.07) is 21.3. The molecule has 0 aromatic heterocycles. The van der Waals surface area contributed by atoms with Crippen LogP contribution in [0.15, 0.2) is 84.9 Å². The van der Waals surface area contributed by atoms with Gasteiger partial charge >= 0.3 is 5.97 Å². The molecule has 0 saturated heterocycles. The molecule has 2 amide bonds. The van der Waals surface area contributed by atoms with Crippen LogP contribution in [0.3, 0.4) is 0 Å². The van der Waals surface area contributed by atoms with Gasteiger partial charge < -0.3 is 9.47 Å². The summed E-state index contributed by atoms with van der Waals surface area (Å²) < 4.78 is 24.1. The quantitative estimate of drug-likeness (QED) is 0.166. The van der Waals surface area contributed by atoms with E-state index >= 15 is 0 Å². The molecule has 0 bridgehead atoms. The van der Waals surface area contributed by atoms with Crippen LogP contribution < -0.4 is 9.64 Å². The number of halogens is 1. The van der Waals surface area contributed by atoms with E-state index in [1.807, 2.05) is 32.0 Å². The Labute approximate surface area is 223 Å². The Morgan fingerprint density at radius 3 is 2.05 bits per heavy atom. The predicted octanol–water partition coefficient (Wildman–Crippen LogP) is 6.08. The number of rotatable bonds is 7. The molecule has 1 heterocycles. The van der Waals surface area contributed by atoms with Gasteiger partial charge in [0.05, 0.1) is 22.4 Å². The van der Waals surface area contributed by atoms with E-state index in [9.17, 15) is 23.6 Å². The zero-order valence-corrected chi connectivity index (χ0v) is 21.1. The maximum absolute atomic E-state index is 13.2. The third kappa shape index (κ3) is 5.04. The fraction of sp³-hybridized carbons (Fsp3) is 0.0968. The lowest BCUT2D eigenvalue weighted by Crippen LogP contribution is -2.29. The Morgan fingerprint density at radius 2 is 1.38 bits per heavy atom. The lowest BCUT2D eigenvalue weighted by Gasteiger charge is -2.15. The molecule has 7 nitrogen and oxygen atoms in total. The highest BCUT2D eigenvalue weighted by Crippen LogP contribution is 2.33. The molecule has 0 spiro atoms. The van der Waals surface area contributed by atoms with Crippen LogP contribution in [0.25, 0.3) is 0 Å². The minimum absolute atomic E-state index is 0.0148. The number of hydrogen-bond donors (Lipinski definition) is 0. The molecule has 0 saturated carbocycles. The summed E-state index contributed by atoms with van der Waals surface area (Å²) in [7, 11) is 0. The van der Waals surface area contributed by atoms with Crippen LogP contribution in [-0.2, 0) is 4.74 Å². The van der Waals surface area contributed by atoms with E-state index in [0.717, 1.165) is 33.9 Å². The second-order valence-corrected chi connectivity index (χ2v) is 9.03. The summed E-state index contributed by atoms with van der Waals surface area (Å²) >= 11 is 0. The van der Waals surface area contributed by atoms with Gasteiger partial charge in [0, 0.05) is 5.56 Å². The number of carbonyl (C=O) groups excluding carboxylic acids is 4. The van der Waals surface area contributed by atoms with Gasteiger partial charge in [0.1, 0.15) is 17.3 Å². The van der Waals surface area contributed by atoms with Crippen molar-refractivity contribution in [2.75, 3.05) is 11.5 Å². The molecule has 39 heavy (non-hydrogen) atoms. The zero-order valence-electron chi connectivity index (χ0n) is 21.1. The van der Waals surface area contributed by atoms with Gasteiger partial charge in [-0.3, -0.25) is 14.4 Å². The van der Waals surface area contributed by atoms with Crippen molar-refractivity contribution in [1.29, 1.82) is 0 Å². The van der Waals surface area contributed by atoms with Crippen molar-refractivity contribution in [3.05, 3.63) is 124 Å². The third-order valence-corrected chi connectivity index (χ3v) is 6.35. The molecule has 0 radical (unpaired) electrons. The standard InChI is InChI=1S/C31H22FNO6/c1-18-4-3-5-19(2)28(18)39-24-13-11-23(12-14-24)33-29(35)25-15-8-21(16-26(25)30(33)36)31(37)38-17-27(34)20-6-9-22(32)10-7-20/h3-16H,17H2,1-2H3. The van der Waals surface area contributed by atoms with Crippen molar-refractivity contribution in [2.24, 2.45) is 0 Å². The van der Waals surface area contributed by atoms with Crippen LogP contribution in [-0.4, -0.2) is 30.2 Å². The molecule has 4 aromatic carbocycles. The Kier molecular flexibility index (Phi) is 6.77. The highest BCUT2D eigenvalue weighted by molar-refractivity contribution is 6.34. The number of anilines is 1. The number of hydrogen-bond acceptors (Lipinski definition) is 6. The highest BCUT2D eigenvalue weighted by Gasteiger charge is 2.37. The smallest absolute Gasteiger partial charge is 0.338 e. The van der Waals surface area contributed by atoms with E-state index in [1.165, 1.54) is 30.3 Å². The summed E-state index contributed by atoms with van der Waals surface area (Å²) in [5.41, 5.74) is 2.72. The number of carbonyl (C=O) groups is 4. The number of aryl methyl sites for hydroxylation is 2. The molecular formula is C31H22FNO6. The minimum Gasteiger partial charge on any atom is -0.457 e. The van der Waals surface area contributed by atoms with E-state index in [1.54, 1.807) is 24.3 Å². The van der Waals surface area contributed by atoms with Crippen molar-refractivity contribution >= 4 is 29.3 Å². The van der Waals surface area contributed by atoms with Crippen LogP contribution in [0.4, 0.5) is 10.1 Å². The minimum atomic E-state index is -0.833.